The summed E-state index contributed by atoms with van der Waals surface area (Å²) in [6.07, 6.45) is 3.74. The minimum atomic E-state index is -1.08. The summed E-state index contributed by atoms with van der Waals surface area (Å²) in [5, 5.41) is 6.13. The average molecular weight is 630 g/mol. The fourth-order valence-corrected chi connectivity index (χ4v) is 5.61. The molecule has 0 aliphatic carbocycles. The average Bonchev–Trinajstić information content (AvgIpc) is 3.65. The van der Waals surface area contributed by atoms with E-state index in [-0.39, 0.29) is 48.5 Å². The summed E-state index contributed by atoms with van der Waals surface area (Å²) in [5.74, 6) is -2.18. The molecule has 4 heterocycles. The van der Waals surface area contributed by atoms with Gasteiger partial charge in [-0.2, -0.15) is 4.39 Å². The van der Waals surface area contributed by atoms with Crippen LogP contribution in [0.4, 0.5) is 24.7 Å². The van der Waals surface area contributed by atoms with Crippen LogP contribution in [0.3, 0.4) is 0 Å². The number of carbonyl (C=O) groups excluding carboxylic acids is 2. The lowest BCUT2D eigenvalue weighted by Crippen LogP contribution is -2.54. The first-order valence-corrected chi connectivity index (χ1v) is 13.9. The zero-order chi connectivity index (χ0) is 30.2. The topological polar surface area (TPSA) is 104 Å². The predicted octanol–water partition coefficient (Wildman–Crippen LogP) is 4.14. The normalized spacial score (nSPS) is 18.3. The van der Waals surface area contributed by atoms with Crippen molar-refractivity contribution in [2.24, 2.45) is 0 Å². The van der Waals surface area contributed by atoms with Gasteiger partial charge in [0.1, 0.15) is 6.17 Å². The first-order valence-electron chi connectivity index (χ1n) is 13.9. The van der Waals surface area contributed by atoms with Gasteiger partial charge in [0, 0.05) is 68.4 Å². The summed E-state index contributed by atoms with van der Waals surface area (Å²) < 4.78 is 49.2. The van der Waals surface area contributed by atoms with Gasteiger partial charge in [-0.15, -0.1) is 12.4 Å². The monoisotopic (exact) mass is 629 g/mol. The number of nitrogens with one attached hydrogen (secondary N) is 2. The van der Waals surface area contributed by atoms with Crippen molar-refractivity contribution < 1.29 is 27.5 Å². The molecule has 2 atom stereocenters. The minimum Gasteiger partial charge on any atom is -0.494 e. The number of rotatable bonds is 6. The highest BCUT2D eigenvalue weighted by molar-refractivity contribution is 5.96. The number of alkyl halides is 1. The molecule has 44 heavy (non-hydrogen) atoms. The molecule has 0 spiro atoms. The highest BCUT2D eigenvalue weighted by Gasteiger charge is 2.34. The van der Waals surface area contributed by atoms with Crippen molar-refractivity contribution in [3.8, 4) is 17.0 Å². The third-order valence-electron chi connectivity index (χ3n) is 7.94. The Labute approximate surface area is 257 Å². The van der Waals surface area contributed by atoms with E-state index in [0.717, 1.165) is 5.56 Å². The molecule has 2 saturated heterocycles. The number of hydrogen-bond donors (Lipinski definition) is 2. The van der Waals surface area contributed by atoms with Crippen molar-refractivity contribution in [3.63, 3.8) is 0 Å². The van der Waals surface area contributed by atoms with Crippen LogP contribution in [0.25, 0.3) is 16.9 Å². The number of ether oxygens (including phenoxy) is 1. The number of imidazole rings is 1. The summed E-state index contributed by atoms with van der Waals surface area (Å²) in [5.41, 5.74) is 2.69. The molecular formula is C30H31ClF3N7O3. The molecule has 0 radical (unpaired) electrons. The maximum absolute atomic E-state index is 14.8. The first-order chi connectivity index (χ1) is 20.7. The highest BCUT2D eigenvalue weighted by atomic mass is 35.5. The number of hydrogen-bond acceptors (Lipinski definition) is 7. The Balaban J connectivity index is 0.00000384. The molecule has 0 unspecified atom stereocenters. The molecule has 2 fully saturated rings. The van der Waals surface area contributed by atoms with E-state index in [4.69, 9.17) is 4.74 Å². The SMILES string of the molecule is COc1ccc(-c2cnc3c(Nc4ccc(C(=O)N5CCN(C(=O)[C@@H]6C[C@H](F)CN6)CC5)c(C)c4)nccn23)c(F)c1F.Cl. The van der Waals surface area contributed by atoms with E-state index in [1.807, 2.05) is 13.0 Å². The zero-order valence-electron chi connectivity index (χ0n) is 24.0. The van der Waals surface area contributed by atoms with Gasteiger partial charge < -0.3 is 25.2 Å². The summed E-state index contributed by atoms with van der Waals surface area (Å²) in [6.45, 7) is 3.60. The molecule has 2 amide bonds. The van der Waals surface area contributed by atoms with Crippen LogP contribution in [0.5, 0.6) is 5.75 Å². The van der Waals surface area contributed by atoms with E-state index >= 15 is 0 Å². The number of amides is 2. The third-order valence-corrected chi connectivity index (χ3v) is 7.94. The van der Waals surface area contributed by atoms with Crippen molar-refractivity contribution in [2.75, 3.05) is 45.2 Å². The zero-order valence-corrected chi connectivity index (χ0v) is 24.8. The Morgan fingerprint density at radius 2 is 1.80 bits per heavy atom. The minimum absolute atomic E-state index is 0. The Morgan fingerprint density at radius 1 is 1.05 bits per heavy atom. The first kappa shape index (κ1) is 31.1. The summed E-state index contributed by atoms with van der Waals surface area (Å²) >= 11 is 0. The number of piperazine rings is 1. The van der Waals surface area contributed by atoms with Crippen LogP contribution < -0.4 is 15.4 Å². The number of aromatic nitrogens is 3. The fraction of sp³-hybridized carbons (Fsp3) is 0.333. The summed E-state index contributed by atoms with van der Waals surface area (Å²) in [4.78, 5) is 38.2. The number of aryl methyl sites for hydroxylation is 1. The molecule has 0 saturated carbocycles. The second-order valence-electron chi connectivity index (χ2n) is 10.6. The van der Waals surface area contributed by atoms with Crippen molar-refractivity contribution in [1.82, 2.24) is 29.5 Å². The van der Waals surface area contributed by atoms with Gasteiger partial charge in [0.2, 0.25) is 11.7 Å². The van der Waals surface area contributed by atoms with E-state index < -0.39 is 23.8 Å². The number of nitrogens with zero attached hydrogens (tertiary/aromatic N) is 5. The van der Waals surface area contributed by atoms with Crippen LogP contribution in [0.2, 0.25) is 0 Å². The molecule has 2 aliphatic rings. The largest absolute Gasteiger partial charge is 0.494 e. The van der Waals surface area contributed by atoms with E-state index in [9.17, 15) is 22.8 Å². The Morgan fingerprint density at radius 3 is 2.48 bits per heavy atom. The summed E-state index contributed by atoms with van der Waals surface area (Å²) in [7, 11) is 1.27. The van der Waals surface area contributed by atoms with Gasteiger partial charge in [-0.3, -0.25) is 14.0 Å². The van der Waals surface area contributed by atoms with Crippen LogP contribution in [0.1, 0.15) is 22.3 Å². The highest BCUT2D eigenvalue weighted by Crippen LogP contribution is 2.32. The van der Waals surface area contributed by atoms with E-state index in [0.29, 0.717) is 54.6 Å². The van der Waals surface area contributed by atoms with Crippen LogP contribution in [0.15, 0.2) is 48.9 Å². The lowest BCUT2D eigenvalue weighted by atomic mass is 10.1. The molecule has 2 aliphatic heterocycles. The van der Waals surface area contributed by atoms with Crippen molar-refractivity contribution >= 4 is 41.4 Å². The molecule has 232 valence electrons. The van der Waals surface area contributed by atoms with Crippen molar-refractivity contribution in [3.05, 3.63) is 71.7 Å². The quantitative estimate of drug-likeness (QED) is 0.330. The van der Waals surface area contributed by atoms with Gasteiger partial charge >= 0.3 is 0 Å². The van der Waals surface area contributed by atoms with Gasteiger partial charge in [0.25, 0.3) is 5.91 Å². The van der Waals surface area contributed by atoms with Crippen LogP contribution in [-0.2, 0) is 4.79 Å². The maximum Gasteiger partial charge on any atom is 0.254 e. The lowest BCUT2D eigenvalue weighted by Gasteiger charge is -2.36. The third kappa shape index (κ3) is 5.76. The maximum atomic E-state index is 14.8. The van der Waals surface area contributed by atoms with Gasteiger partial charge in [-0.25, -0.2) is 18.7 Å². The Bertz CT molecular complexity index is 1710. The number of halogens is 4. The molecule has 4 aromatic rings. The molecule has 14 heteroatoms. The molecule has 2 aromatic carbocycles. The molecule has 6 rings (SSSR count). The second kappa shape index (κ2) is 12.7. The smallest absolute Gasteiger partial charge is 0.254 e. The van der Waals surface area contributed by atoms with Crippen LogP contribution >= 0.6 is 12.4 Å². The van der Waals surface area contributed by atoms with E-state index in [1.54, 1.807) is 32.5 Å². The molecule has 2 aromatic heterocycles. The number of anilines is 2. The molecule has 2 N–H and O–H groups in total. The standard InChI is InChI=1S/C30H30F3N7O3.ClH/c1-17-13-19(3-4-20(17)29(41)38-9-11-39(12-10-38)30(42)22-14-18(31)15-35-22)37-27-28-36-16-23(40(28)8-7-34-27)21-5-6-24(43-2)26(33)25(21)32;/h3-8,13,16,18,22,35H,9-12,14-15H2,1-2H3,(H,34,37);1H/t18-,22-;/m0./s1. The Kier molecular flexibility index (Phi) is 8.97. The second-order valence-corrected chi connectivity index (χ2v) is 10.6. The van der Waals surface area contributed by atoms with Crippen LogP contribution in [0, 0.1) is 18.6 Å². The van der Waals surface area contributed by atoms with Crippen molar-refractivity contribution in [2.45, 2.75) is 25.6 Å². The predicted molar refractivity (Wildman–Crippen MR) is 160 cm³/mol. The number of fused-ring (bicyclic) bond motifs is 1. The number of carbonyl (C=O) groups is 2. The molecular weight excluding hydrogens is 599 g/mol. The van der Waals surface area contributed by atoms with Gasteiger partial charge in [-0.05, 0) is 42.8 Å². The van der Waals surface area contributed by atoms with Gasteiger partial charge in [0.05, 0.1) is 25.0 Å². The fourth-order valence-electron chi connectivity index (χ4n) is 5.61. The number of methoxy groups -OCH3 is 1. The lowest BCUT2D eigenvalue weighted by molar-refractivity contribution is -0.134. The Hall–Kier alpha value is -4.36. The summed E-state index contributed by atoms with van der Waals surface area (Å²) in [6, 6.07) is 7.59. The van der Waals surface area contributed by atoms with E-state index in [1.165, 1.54) is 31.6 Å². The molecule has 10 nitrogen and oxygen atoms in total. The molecule has 0 bridgehead atoms. The van der Waals surface area contributed by atoms with Gasteiger partial charge in [-0.1, -0.05) is 0 Å². The van der Waals surface area contributed by atoms with Gasteiger partial charge in [0.15, 0.2) is 23.0 Å². The number of benzene rings is 2. The van der Waals surface area contributed by atoms with E-state index in [2.05, 4.69) is 20.6 Å². The van der Waals surface area contributed by atoms with Crippen LogP contribution in [-0.4, -0.2) is 88.0 Å². The van der Waals surface area contributed by atoms with Crippen molar-refractivity contribution in [1.29, 1.82) is 0 Å².